The van der Waals surface area contributed by atoms with E-state index in [-0.39, 0.29) is 0 Å². The molecular formula is C44H27NS. The molecule has 1 nitrogen and oxygen atoms in total. The molecule has 9 aromatic rings. The molecular weight excluding hydrogens is 575 g/mol. The van der Waals surface area contributed by atoms with Crippen LogP contribution in [0.4, 0.5) is 0 Å². The Balaban J connectivity index is 1.14. The maximum absolute atomic E-state index is 2.43. The molecule has 1 aliphatic rings. The van der Waals surface area contributed by atoms with Crippen molar-refractivity contribution in [3.63, 3.8) is 0 Å². The largest absolute Gasteiger partial charge is 0.309 e. The molecule has 8 aromatic carbocycles. The first-order valence-corrected chi connectivity index (χ1v) is 16.6. The van der Waals surface area contributed by atoms with Gasteiger partial charge in [0.25, 0.3) is 0 Å². The number of hydrogen-bond acceptors (Lipinski definition) is 1. The predicted molar refractivity (Wildman–Crippen MR) is 196 cm³/mol. The Bertz CT molecular complexity index is 2660. The summed E-state index contributed by atoms with van der Waals surface area (Å²) in [5.74, 6) is 0. The molecule has 0 bridgehead atoms. The van der Waals surface area contributed by atoms with Gasteiger partial charge >= 0.3 is 0 Å². The number of nitrogens with zero attached hydrogens (tertiary/aromatic N) is 1. The third-order valence-corrected chi connectivity index (χ3v) is 10.7. The van der Waals surface area contributed by atoms with Crippen LogP contribution in [0.5, 0.6) is 0 Å². The van der Waals surface area contributed by atoms with E-state index in [4.69, 9.17) is 0 Å². The number of rotatable bonds is 3. The molecule has 0 atom stereocenters. The molecule has 0 fully saturated rings. The lowest BCUT2D eigenvalue weighted by Crippen LogP contribution is -1.95. The van der Waals surface area contributed by atoms with Crippen LogP contribution in [0.25, 0.3) is 82.4 Å². The van der Waals surface area contributed by atoms with Gasteiger partial charge in [0.15, 0.2) is 0 Å². The SMILES string of the molecule is c1ccc2c(c1)Sc1ccc(-c3ccccc3-c3ccc(-n4c5ccccc5c5ccc6ccccc6c54)cc3)c3cccc-2c13. The minimum absolute atomic E-state index is 1.17. The van der Waals surface area contributed by atoms with Crippen molar-refractivity contribution in [1.82, 2.24) is 4.57 Å². The summed E-state index contributed by atoms with van der Waals surface area (Å²) in [5, 5.41) is 7.75. The van der Waals surface area contributed by atoms with Gasteiger partial charge in [0.05, 0.1) is 11.0 Å². The minimum atomic E-state index is 1.17. The van der Waals surface area contributed by atoms with Crippen molar-refractivity contribution < 1.29 is 0 Å². The van der Waals surface area contributed by atoms with Crippen LogP contribution in [0.1, 0.15) is 0 Å². The van der Waals surface area contributed by atoms with Crippen molar-refractivity contribution in [3.05, 3.63) is 164 Å². The first-order chi connectivity index (χ1) is 22.8. The van der Waals surface area contributed by atoms with Crippen molar-refractivity contribution >= 4 is 55.1 Å². The smallest absolute Gasteiger partial charge is 0.0619 e. The molecule has 0 saturated heterocycles. The Morgan fingerprint density at radius 1 is 0.370 bits per heavy atom. The van der Waals surface area contributed by atoms with Crippen LogP contribution in [0.15, 0.2) is 174 Å². The molecule has 10 rings (SSSR count). The third-order valence-electron chi connectivity index (χ3n) is 9.61. The van der Waals surface area contributed by atoms with Crippen molar-refractivity contribution in [2.24, 2.45) is 0 Å². The fraction of sp³-hybridized carbons (Fsp3) is 0. The summed E-state index contributed by atoms with van der Waals surface area (Å²) in [7, 11) is 0. The van der Waals surface area contributed by atoms with Crippen molar-refractivity contribution in [3.8, 4) is 39.1 Å². The van der Waals surface area contributed by atoms with Gasteiger partial charge in [-0.15, -0.1) is 0 Å². The molecule has 214 valence electrons. The van der Waals surface area contributed by atoms with Crippen LogP contribution in [-0.2, 0) is 0 Å². The number of hydrogen-bond donors (Lipinski definition) is 0. The lowest BCUT2D eigenvalue weighted by molar-refractivity contribution is 1.19. The second-order valence-electron chi connectivity index (χ2n) is 12.1. The van der Waals surface area contributed by atoms with E-state index in [9.17, 15) is 0 Å². The highest BCUT2D eigenvalue weighted by Crippen LogP contribution is 2.50. The number of fused-ring (bicyclic) bond motifs is 7. The summed E-state index contributed by atoms with van der Waals surface area (Å²) >= 11 is 1.88. The van der Waals surface area contributed by atoms with Gasteiger partial charge in [-0.1, -0.05) is 145 Å². The predicted octanol–water partition coefficient (Wildman–Crippen LogP) is 12.6. The van der Waals surface area contributed by atoms with Crippen LogP contribution in [-0.4, -0.2) is 4.57 Å². The second kappa shape index (κ2) is 9.97. The monoisotopic (exact) mass is 601 g/mol. The summed E-state index contributed by atoms with van der Waals surface area (Å²) in [6.45, 7) is 0. The van der Waals surface area contributed by atoms with Gasteiger partial charge in [-0.25, -0.2) is 0 Å². The van der Waals surface area contributed by atoms with Gasteiger partial charge in [-0.3, -0.25) is 0 Å². The highest BCUT2D eigenvalue weighted by Gasteiger charge is 2.21. The van der Waals surface area contributed by atoms with Gasteiger partial charge in [0.2, 0.25) is 0 Å². The van der Waals surface area contributed by atoms with Gasteiger partial charge in [-0.2, -0.15) is 0 Å². The highest BCUT2D eigenvalue weighted by atomic mass is 32.2. The zero-order valence-electron chi connectivity index (χ0n) is 24.9. The van der Waals surface area contributed by atoms with Gasteiger partial charge in [0, 0.05) is 37.0 Å². The summed E-state index contributed by atoms with van der Waals surface area (Å²) < 4.78 is 2.43. The molecule has 46 heavy (non-hydrogen) atoms. The molecule has 0 radical (unpaired) electrons. The molecule has 1 aliphatic heterocycles. The number of aromatic nitrogens is 1. The molecule has 0 aliphatic carbocycles. The van der Waals surface area contributed by atoms with Crippen molar-refractivity contribution in [2.75, 3.05) is 0 Å². The quantitative estimate of drug-likeness (QED) is 0.195. The van der Waals surface area contributed by atoms with Crippen LogP contribution in [0.3, 0.4) is 0 Å². The fourth-order valence-electron chi connectivity index (χ4n) is 7.57. The summed E-state index contributed by atoms with van der Waals surface area (Å²) in [6.07, 6.45) is 0. The first-order valence-electron chi connectivity index (χ1n) is 15.8. The van der Waals surface area contributed by atoms with Crippen molar-refractivity contribution in [2.45, 2.75) is 9.79 Å². The van der Waals surface area contributed by atoms with Crippen LogP contribution in [0.2, 0.25) is 0 Å². The zero-order chi connectivity index (χ0) is 30.2. The molecule has 0 amide bonds. The average molecular weight is 602 g/mol. The molecule has 0 saturated carbocycles. The maximum atomic E-state index is 2.43. The molecule has 2 heteroatoms. The topological polar surface area (TPSA) is 4.93 Å². The van der Waals surface area contributed by atoms with Crippen molar-refractivity contribution in [1.29, 1.82) is 0 Å². The highest BCUT2D eigenvalue weighted by molar-refractivity contribution is 7.99. The summed E-state index contributed by atoms with van der Waals surface area (Å²) in [4.78, 5) is 2.65. The Labute approximate surface area is 271 Å². The van der Waals surface area contributed by atoms with E-state index in [1.54, 1.807) is 0 Å². The van der Waals surface area contributed by atoms with Gasteiger partial charge < -0.3 is 4.57 Å². The normalized spacial score (nSPS) is 12.3. The molecule has 0 spiro atoms. The Kier molecular flexibility index (Phi) is 5.58. The number of para-hydroxylation sites is 1. The molecule has 2 heterocycles. The summed E-state index contributed by atoms with van der Waals surface area (Å²) in [6, 6.07) is 60.2. The van der Waals surface area contributed by atoms with E-state index in [1.807, 2.05) is 11.8 Å². The summed E-state index contributed by atoms with van der Waals surface area (Å²) in [5.41, 5.74) is 11.3. The minimum Gasteiger partial charge on any atom is -0.309 e. The van der Waals surface area contributed by atoms with Gasteiger partial charge in [0.1, 0.15) is 0 Å². The maximum Gasteiger partial charge on any atom is 0.0619 e. The van der Waals surface area contributed by atoms with E-state index in [1.165, 1.54) is 92.2 Å². The number of benzene rings is 8. The zero-order valence-corrected chi connectivity index (χ0v) is 25.8. The van der Waals surface area contributed by atoms with Crippen LogP contribution in [0, 0.1) is 0 Å². The Morgan fingerprint density at radius 3 is 1.96 bits per heavy atom. The standard InChI is InChI=1S/C44H27NS/c1-2-12-32-28(10-1)22-25-39-35-14-5-7-18-40(35)45(44(32)39)30-23-20-29(21-24-30)31-11-3-4-13-33(31)34-26-27-42-43-37(34)16-9-17-38(43)36-15-6-8-19-41(36)46-42/h1-27H. The molecule has 0 N–H and O–H groups in total. The van der Waals surface area contributed by atoms with E-state index in [2.05, 4.69) is 168 Å². The van der Waals surface area contributed by atoms with Crippen LogP contribution < -0.4 is 0 Å². The van der Waals surface area contributed by atoms with Gasteiger partial charge in [-0.05, 0) is 74.5 Å². The molecule has 1 aromatic heterocycles. The van der Waals surface area contributed by atoms with Crippen LogP contribution >= 0.6 is 11.8 Å². The third kappa shape index (κ3) is 3.71. The van der Waals surface area contributed by atoms with E-state index >= 15 is 0 Å². The van der Waals surface area contributed by atoms with E-state index in [0.29, 0.717) is 0 Å². The lowest BCUT2D eigenvalue weighted by Gasteiger charge is -2.22. The Hall–Kier alpha value is -5.57. The van der Waals surface area contributed by atoms with E-state index < -0.39 is 0 Å². The second-order valence-corrected chi connectivity index (χ2v) is 13.1. The lowest BCUT2D eigenvalue weighted by atomic mass is 9.89. The fourth-order valence-corrected chi connectivity index (χ4v) is 8.70. The van der Waals surface area contributed by atoms with E-state index in [0.717, 1.165) is 0 Å². The Morgan fingerprint density at radius 2 is 1.07 bits per heavy atom. The molecule has 0 unspecified atom stereocenters. The first kappa shape index (κ1) is 25.7. The average Bonchev–Trinajstić information content (AvgIpc) is 3.47.